The largest absolute Gasteiger partial charge is 0.372 e. The second-order valence-corrected chi connectivity index (χ2v) is 6.95. The minimum Gasteiger partial charge on any atom is -0.372 e. The Hall–Kier alpha value is -0.980. The van der Waals surface area contributed by atoms with Crippen LogP contribution < -0.4 is 4.90 Å². The highest BCUT2D eigenvalue weighted by molar-refractivity contribution is 5.48. The molecular formula is C21H37N. The predicted octanol–water partition coefficient (Wildman–Crippen LogP) is 6.63. The van der Waals surface area contributed by atoms with Crippen molar-refractivity contribution in [3.05, 3.63) is 29.8 Å². The van der Waals surface area contributed by atoms with Crippen molar-refractivity contribution in [2.24, 2.45) is 5.41 Å². The first-order valence-corrected chi connectivity index (χ1v) is 9.37. The second kappa shape index (κ2) is 9.22. The van der Waals surface area contributed by atoms with Gasteiger partial charge < -0.3 is 4.90 Å². The first-order chi connectivity index (χ1) is 10.5. The molecule has 0 fully saturated rings. The van der Waals surface area contributed by atoms with Crippen LogP contribution >= 0.6 is 0 Å². The first kappa shape index (κ1) is 19.1. The summed E-state index contributed by atoms with van der Waals surface area (Å²) in [7, 11) is 0. The van der Waals surface area contributed by atoms with E-state index < -0.39 is 0 Å². The van der Waals surface area contributed by atoms with E-state index in [2.05, 4.69) is 70.7 Å². The zero-order valence-corrected chi connectivity index (χ0v) is 15.8. The Morgan fingerprint density at radius 2 is 1.55 bits per heavy atom. The summed E-state index contributed by atoms with van der Waals surface area (Å²) in [6, 6.07) is 9.32. The fraction of sp³-hybridized carbons (Fsp3) is 0.714. The van der Waals surface area contributed by atoms with Gasteiger partial charge in [-0.15, -0.1) is 0 Å². The zero-order valence-electron chi connectivity index (χ0n) is 15.8. The van der Waals surface area contributed by atoms with Gasteiger partial charge in [-0.3, -0.25) is 0 Å². The van der Waals surface area contributed by atoms with Gasteiger partial charge in [0.2, 0.25) is 0 Å². The van der Waals surface area contributed by atoms with E-state index >= 15 is 0 Å². The Kier molecular flexibility index (Phi) is 8.00. The van der Waals surface area contributed by atoms with Gasteiger partial charge in [-0.1, -0.05) is 65.5 Å². The average Bonchev–Trinajstić information content (AvgIpc) is 2.56. The molecule has 126 valence electrons. The van der Waals surface area contributed by atoms with E-state index in [1.54, 1.807) is 0 Å². The summed E-state index contributed by atoms with van der Waals surface area (Å²) in [5.41, 5.74) is 3.27. The number of benzene rings is 1. The molecule has 0 saturated carbocycles. The quantitative estimate of drug-likeness (QED) is 0.438. The summed E-state index contributed by atoms with van der Waals surface area (Å²) < 4.78 is 0. The van der Waals surface area contributed by atoms with Crippen molar-refractivity contribution < 1.29 is 0 Å². The lowest BCUT2D eigenvalue weighted by Crippen LogP contribution is -2.24. The maximum absolute atomic E-state index is 2.48. The van der Waals surface area contributed by atoms with Gasteiger partial charge in [0, 0.05) is 18.8 Å². The van der Waals surface area contributed by atoms with Crippen molar-refractivity contribution in [2.45, 2.75) is 79.6 Å². The summed E-state index contributed by atoms with van der Waals surface area (Å²) in [5.74, 6) is 0.625. The highest BCUT2D eigenvalue weighted by atomic mass is 15.1. The smallest absolute Gasteiger partial charge is 0.0366 e. The zero-order chi connectivity index (χ0) is 16.6. The highest BCUT2D eigenvalue weighted by Crippen LogP contribution is 2.42. The van der Waals surface area contributed by atoms with Crippen LogP contribution in [0.4, 0.5) is 5.69 Å². The monoisotopic (exact) mass is 303 g/mol. The number of anilines is 1. The Morgan fingerprint density at radius 3 is 2.00 bits per heavy atom. The molecule has 22 heavy (non-hydrogen) atoms. The molecule has 0 spiro atoms. The lowest BCUT2D eigenvalue weighted by molar-refractivity contribution is 0.224. The number of rotatable bonds is 10. The van der Waals surface area contributed by atoms with Crippen LogP contribution in [-0.4, -0.2) is 13.1 Å². The van der Waals surface area contributed by atoms with E-state index in [1.807, 2.05) is 0 Å². The molecule has 0 aliphatic heterocycles. The number of hydrogen-bond donors (Lipinski definition) is 0. The van der Waals surface area contributed by atoms with E-state index in [0.29, 0.717) is 11.3 Å². The van der Waals surface area contributed by atoms with Gasteiger partial charge >= 0.3 is 0 Å². The number of nitrogens with zero attached hydrogens (tertiary/aromatic N) is 1. The van der Waals surface area contributed by atoms with Crippen molar-refractivity contribution in [3.63, 3.8) is 0 Å². The summed E-state index contributed by atoms with van der Waals surface area (Å²) in [4.78, 5) is 2.41. The molecule has 1 heteroatoms. The van der Waals surface area contributed by atoms with Crippen LogP contribution in [0.3, 0.4) is 0 Å². The van der Waals surface area contributed by atoms with Crippen LogP contribution in [0.25, 0.3) is 0 Å². The summed E-state index contributed by atoms with van der Waals surface area (Å²) in [5, 5.41) is 0. The van der Waals surface area contributed by atoms with Crippen LogP contribution in [0.1, 0.15) is 85.1 Å². The van der Waals surface area contributed by atoms with E-state index in [4.69, 9.17) is 0 Å². The number of hydrogen-bond acceptors (Lipinski definition) is 1. The molecule has 1 rings (SSSR count). The summed E-state index contributed by atoms with van der Waals surface area (Å²) in [6.07, 6.45) is 6.64. The lowest BCUT2D eigenvalue weighted by Gasteiger charge is -2.36. The Balaban J connectivity index is 2.84. The van der Waals surface area contributed by atoms with Gasteiger partial charge in [0.1, 0.15) is 0 Å². The fourth-order valence-corrected chi connectivity index (χ4v) is 3.44. The molecule has 0 saturated heterocycles. The highest BCUT2D eigenvalue weighted by Gasteiger charge is 2.29. The van der Waals surface area contributed by atoms with Gasteiger partial charge in [0.05, 0.1) is 0 Å². The van der Waals surface area contributed by atoms with Gasteiger partial charge in [-0.05, 0) is 49.3 Å². The molecule has 0 aromatic heterocycles. The normalized spacial score (nSPS) is 15.4. The van der Waals surface area contributed by atoms with Crippen molar-refractivity contribution >= 4 is 5.69 Å². The van der Waals surface area contributed by atoms with Gasteiger partial charge in [0.25, 0.3) is 0 Å². The topological polar surface area (TPSA) is 3.24 Å². The van der Waals surface area contributed by atoms with Crippen LogP contribution in [0.5, 0.6) is 0 Å². The van der Waals surface area contributed by atoms with Crippen LogP contribution in [0.15, 0.2) is 24.3 Å². The Bertz CT molecular complexity index is 404. The SMILES string of the molecule is CCCCCC(C)(CC)C(C)c1ccc(N(CC)CC)cc1. The van der Waals surface area contributed by atoms with Crippen LogP contribution in [0, 0.1) is 5.41 Å². The maximum Gasteiger partial charge on any atom is 0.0366 e. The van der Waals surface area contributed by atoms with Crippen molar-refractivity contribution in [1.82, 2.24) is 0 Å². The van der Waals surface area contributed by atoms with E-state index in [1.165, 1.54) is 43.4 Å². The van der Waals surface area contributed by atoms with Gasteiger partial charge in [-0.2, -0.15) is 0 Å². The van der Waals surface area contributed by atoms with E-state index in [0.717, 1.165) is 13.1 Å². The first-order valence-electron chi connectivity index (χ1n) is 9.37. The summed E-state index contributed by atoms with van der Waals surface area (Å²) in [6.45, 7) is 16.1. The molecule has 2 atom stereocenters. The standard InChI is InChI=1S/C21H37N/c1-7-11-12-17-21(6,8-2)18(5)19-13-15-20(16-14-19)22(9-3)10-4/h13-16,18H,7-12,17H2,1-6H3. The third-order valence-corrected chi connectivity index (χ3v) is 5.73. The van der Waals surface area contributed by atoms with E-state index in [9.17, 15) is 0 Å². The molecule has 1 nitrogen and oxygen atoms in total. The third-order valence-electron chi connectivity index (χ3n) is 5.73. The Labute approximate surface area is 139 Å². The van der Waals surface area contributed by atoms with Crippen molar-refractivity contribution in [3.8, 4) is 0 Å². The molecule has 0 N–H and O–H groups in total. The second-order valence-electron chi connectivity index (χ2n) is 6.95. The maximum atomic E-state index is 2.48. The molecule has 2 unspecified atom stereocenters. The molecule has 0 aliphatic carbocycles. The fourth-order valence-electron chi connectivity index (χ4n) is 3.44. The van der Waals surface area contributed by atoms with Crippen molar-refractivity contribution in [1.29, 1.82) is 0 Å². The van der Waals surface area contributed by atoms with Gasteiger partial charge in [-0.25, -0.2) is 0 Å². The molecule has 0 aliphatic rings. The van der Waals surface area contributed by atoms with Crippen LogP contribution in [-0.2, 0) is 0 Å². The molecule has 1 aromatic carbocycles. The lowest BCUT2D eigenvalue weighted by atomic mass is 9.69. The molecule has 1 aromatic rings. The molecule has 0 radical (unpaired) electrons. The summed E-state index contributed by atoms with van der Waals surface area (Å²) >= 11 is 0. The van der Waals surface area contributed by atoms with Crippen LogP contribution in [0.2, 0.25) is 0 Å². The average molecular weight is 304 g/mol. The molecule has 0 amide bonds. The Morgan fingerprint density at radius 1 is 0.955 bits per heavy atom. The molecular weight excluding hydrogens is 266 g/mol. The molecule has 0 heterocycles. The third kappa shape index (κ3) is 4.76. The minimum absolute atomic E-state index is 0.423. The van der Waals surface area contributed by atoms with E-state index in [-0.39, 0.29) is 0 Å². The molecule has 0 bridgehead atoms. The van der Waals surface area contributed by atoms with Gasteiger partial charge in [0.15, 0.2) is 0 Å². The minimum atomic E-state index is 0.423. The number of unbranched alkanes of at least 4 members (excludes halogenated alkanes) is 2. The predicted molar refractivity (Wildman–Crippen MR) is 101 cm³/mol. The van der Waals surface area contributed by atoms with Crippen molar-refractivity contribution in [2.75, 3.05) is 18.0 Å².